The number of hydrogen-bond donors (Lipinski definition) is 1. The number of para-hydroxylation sites is 2. The molecule has 1 aliphatic heterocycles. The summed E-state index contributed by atoms with van der Waals surface area (Å²) in [7, 11) is 1.70. The first-order valence-corrected chi connectivity index (χ1v) is 11.6. The number of rotatable bonds is 7. The van der Waals surface area contributed by atoms with Gasteiger partial charge in [-0.05, 0) is 36.4 Å². The quantitative estimate of drug-likeness (QED) is 0.520. The molecule has 1 N–H and O–H groups in total. The van der Waals surface area contributed by atoms with Crippen LogP contribution in [0.15, 0.2) is 66.0 Å². The molecule has 1 amide bonds. The Balaban J connectivity index is 1.36. The summed E-state index contributed by atoms with van der Waals surface area (Å²) < 4.78 is 5.51. The van der Waals surface area contributed by atoms with Crippen LogP contribution in [-0.2, 0) is 4.79 Å². The lowest BCUT2D eigenvalue weighted by Gasteiger charge is -2.37. The van der Waals surface area contributed by atoms with Crippen LogP contribution in [0.4, 0.5) is 17.2 Å². The molecule has 32 heavy (non-hydrogen) atoms. The molecule has 0 spiro atoms. The molecule has 0 radical (unpaired) electrons. The topological polar surface area (TPSA) is 70.6 Å². The van der Waals surface area contributed by atoms with Crippen molar-refractivity contribution in [3.63, 3.8) is 0 Å². The van der Waals surface area contributed by atoms with Crippen molar-refractivity contribution in [2.45, 2.75) is 5.03 Å². The number of aromatic nitrogens is 2. The summed E-state index contributed by atoms with van der Waals surface area (Å²) in [5.74, 6) is 1.84. The van der Waals surface area contributed by atoms with E-state index in [4.69, 9.17) is 16.3 Å². The molecular weight excluding hydrogens is 446 g/mol. The lowest BCUT2D eigenvalue weighted by Crippen LogP contribution is -2.47. The fraction of sp³-hybridized carbons (Fsp3) is 0.261. The Kier molecular flexibility index (Phi) is 7.34. The number of halogens is 1. The molecular formula is C23H24ClN5O2S. The third-order valence-electron chi connectivity index (χ3n) is 5.12. The fourth-order valence-electron chi connectivity index (χ4n) is 3.55. The van der Waals surface area contributed by atoms with Gasteiger partial charge in [0, 0.05) is 49.3 Å². The highest BCUT2D eigenvalue weighted by Gasteiger charge is 2.23. The SMILES string of the molecule is COc1ccccc1N1CCN(c2nccnc2SCC(=O)Nc2ccc(Cl)cc2)CC1. The summed E-state index contributed by atoms with van der Waals surface area (Å²) in [4.78, 5) is 25.9. The monoisotopic (exact) mass is 469 g/mol. The van der Waals surface area contributed by atoms with Crippen molar-refractivity contribution in [3.05, 3.63) is 65.9 Å². The van der Waals surface area contributed by atoms with Crippen molar-refractivity contribution in [1.29, 1.82) is 0 Å². The first kappa shape index (κ1) is 22.2. The van der Waals surface area contributed by atoms with Crippen molar-refractivity contribution in [1.82, 2.24) is 9.97 Å². The Morgan fingerprint density at radius 1 is 1.03 bits per heavy atom. The number of amides is 1. The Hall–Kier alpha value is -2.97. The highest BCUT2D eigenvalue weighted by molar-refractivity contribution is 8.00. The molecule has 0 aliphatic carbocycles. The van der Waals surface area contributed by atoms with Gasteiger partial charge in [0.05, 0.1) is 18.6 Å². The predicted octanol–water partition coefficient (Wildman–Crippen LogP) is 4.20. The van der Waals surface area contributed by atoms with Crippen LogP contribution < -0.4 is 19.9 Å². The Morgan fingerprint density at radius 3 is 2.47 bits per heavy atom. The largest absolute Gasteiger partial charge is 0.495 e. The lowest BCUT2D eigenvalue weighted by atomic mass is 10.2. The first-order chi connectivity index (χ1) is 15.6. The van der Waals surface area contributed by atoms with Gasteiger partial charge in [-0.1, -0.05) is 35.5 Å². The summed E-state index contributed by atoms with van der Waals surface area (Å²) in [5.41, 5.74) is 1.81. The van der Waals surface area contributed by atoms with Gasteiger partial charge in [-0.15, -0.1) is 0 Å². The molecule has 166 valence electrons. The van der Waals surface area contributed by atoms with E-state index >= 15 is 0 Å². The minimum atomic E-state index is -0.102. The van der Waals surface area contributed by atoms with Crippen LogP contribution in [0.3, 0.4) is 0 Å². The molecule has 2 heterocycles. The molecule has 1 saturated heterocycles. The Morgan fingerprint density at radius 2 is 1.72 bits per heavy atom. The van der Waals surface area contributed by atoms with Gasteiger partial charge in [0.2, 0.25) is 5.91 Å². The van der Waals surface area contributed by atoms with Gasteiger partial charge in [0.25, 0.3) is 0 Å². The molecule has 1 aliphatic rings. The molecule has 2 aromatic carbocycles. The highest BCUT2D eigenvalue weighted by Crippen LogP contribution is 2.31. The summed E-state index contributed by atoms with van der Waals surface area (Å²) in [6.45, 7) is 3.30. The minimum absolute atomic E-state index is 0.102. The van der Waals surface area contributed by atoms with E-state index in [1.54, 1.807) is 43.8 Å². The van der Waals surface area contributed by atoms with Crippen LogP contribution >= 0.6 is 23.4 Å². The fourth-order valence-corrected chi connectivity index (χ4v) is 4.46. The van der Waals surface area contributed by atoms with E-state index in [1.807, 2.05) is 18.2 Å². The van der Waals surface area contributed by atoms with E-state index in [0.29, 0.717) is 10.7 Å². The van der Waals surface area contributed by atoms with E-state index < -0.39 is 0 Å². The zero-order valence-electron chi connectivity index (χ0n) is 17.7. The van der Waals surface area contributed by atoms with E-state index in [-0.39, 0.29) is 11.7 Å². The number of nitrogens with zero attached hydrogens (tertiary/aromatic N) is 4. The third kappa shape index (κ3) is 5.44. The van der Waals surface area contributed by atoms with Gasteiger partial charge in [0.15, 0.2) is 5.82 Å². The van der Waals surface area contributed by atoms with Crippen LogP contribution in [0.1, 0.15) is 0 Å². The number of carbonyl (C=O) groups excluding carboxylic acids is 1. The van der Waals surface area contributed by atoms with Crippen LogP contribution in [0, 0.1) is 0 Å². The predicted molar refractivity (Wildman–Crippen MR) is 130 cm³/mol. The maximum Gasteiger partial charge on any atom is 0.234 e. The van der Waals surface area contributed by atoms with Gasteiger partial charge in [0.1, 0.15) is 10.8 Å². The second-order valence-corrected chi connectivity index (χ2v) is 8.58. The average Bonchev–Trinajstić information content (AvgIpc) is 2.84. The van der Waals surface area contributed by atoms with E-state index in [0.717, 1.165) is 48.5 Å². The molecule has 7 nitrogen and oxygen atoms in total. The van der Waals surface area contributed by atoms with Crippen LogP contribution in [0.2, 0.25) is 5.02 Å². The van der Waals surface area contributed by atoms with Crippen LogP contribution in [-0.4, -0.2) is 54.9 Å². The van der Waals surface area contributed by atoms with Crippen molar-refractivity contribution in [2.75, 3.05) is 54.2 Å². The molecule has 0 atom stereocenters. The number of thioether (sulfide) groups is 1. The summed E-state index contributed by atoms with van der Waals surface area (Å²) >= 11 is 7.28. The van der Waals surface area contributed by atoms with E-state index in [1.165, 1.54) is 11.8 Å². The Bertz CT molecular complexity index is 1060. The third-order valence-corrected chi connectivity index (χ3v) is 6.34. The molecule has 3 aromatic rings. The maximum absolute atomic E-state index is 12.4. The van der Waals surface area contributed by atoms with Gasteiger partial charge in [-0.2, -0.15) is 0 Å². The zero-order chi connectivity index (χ0) is 22.3. The number of benzene rings is 2. The number of anilines is 3. The number of piperazine rings is 1. The molecule has 1 fully saturated rings. The van der Waals surface area contributed by atoms with Crippen molar-refractivity contribution < 1.29 is 9.53 Å². The zero-order valence-corrected chi connectivity index (χ0v) is 19.3. The van der Waals surface area contributed by atoms with Gasteiger partial charge in [-0.25, -0.2) is 9.97 Å². The molecule has 0 unspecified atom stereocenters. The van der Waals surface area contributed by atoms with Crippen LogP contribution in [0.25, 0.3) is 0 Å². The number of methoxy groups -OCH3 is 1. The molecule has 4 rings (SSSR count). The summed E-state index contributed by atoms with van der Waals surface area (Å²) in [6, 6.07) is 15.1. The maximum atomic E-state index is 12.4. The molecule has 9 heteroatoms. The van der Waals surface area contributed by atoms with Crippen molar-refractivity contribution in [3.8, 4) is 5.75 Å². The standard InChI is InChI=1S/C23H24ClN5O2S/c1-31-20-5-3-2-4-19(20)28-12-14-29(15-13-28)22-23(26-11-10-25-22)32-16-21(30)27-18-8-6-17(24)7-9-18/h2-11H,12-16H2,1H3,(H,27,30). The number of nitrogens with one attached hydrogen (secondary N) is 1. The first-order valence-electron chi connectivity index (χ1n) is 10.3. The van der Waals surface area contributed by atoms with E-state index in [2.05, 4.69) is 31.2 Å². The summed E-state index contributed by atoms with van der Waals surface area (Å²) in [6.07, 6.45) is 3.35. The summed E-state index contributed by atoms with van der Waals surface area (Å²) in [5, 5.41) is 4.26. The number of carbonyl (C=O) groups is 1. The molecule has 0 bridgehead atoms. The van der Waals surface area contributed by atoms with Gasteiger partial charge in [-0.3, -0.25) is 4.79 Å². The van der Waals surface area contributed by atoms with Crippen LogP contribution in [0.5, 0.6) is 5.75 Å². The highest BCUT2D eigenvalue weighted by atomic mass is 35.5. The molecule has 1 aromatic heterocycles. The molecule has 0 saturated carbocycles. The minimum Gasteiger partial charge on any atom is -0.495 e. The van der Waals surface area contributed by atoms with Gasteiger partial charge < -0.3 is 19.9 Å². The average molecular weight is 470 g/mol. The van der Waals surface area contributed by atoms with Crippen molar-refractivity contribution >= 4 is 46.5 Å². The second-order valence-electron chi connectivity index (χ2n) is 7.17. The smallest absolute Gasteiger partial charge is 0.234 e. The Labute approximate surface area is 196 Å². The number of ether oxygens (including phenoxy) is 1. The normalized spacial score (nSPS) is 13.7. The van der Waals surface area contributed by atoms with E-state index in [9.17, 15) is 4.79 Å². The van der Waals surface area contributed by atoms with Gasteiger partial charge >= 0.3 is 0 Å². The van der Waals surface area contributed by atoms with Crippen molar-refractivity contribution in [2.24, 2.45) is 0 Å². The lowest BCUT2D eigenvalue weighted by molar-refractivity contribution is -0.113. The second kappa shape index (κ2) is 10.6. The number of hydrogen-bond acceptors (Lipinski definition) is 7.